The van der Waals surface area contributed by atoms with E-state index in [1.165, 1.54) is 0 Å². The maximum absolute atomic E-state index is 12.4. The molecule has 5 nitrogen and oxygen atoms in total. The highest BCUT2D eigenvalue weighted by Crippen LogP contribution is 2.18. The van der Waals surface area contributed by atoms with E-state index in [0.717, 1.165) is 18.6 Å². The van der Waals surface area contributed by atoms with Gasteiger partial charge in [0.2, 0.25) is 5.91 Å². The summed E-state index contributed by atoms with van der Waals surface area (Å²) in [6.07, 6.45) is 2.42. The lowest BCUT2D eigenvalue weighted by Gasteiger charge is -2.11. The fraction of sp³-hybridized carbons (Fsp3) is 0.333. The Morgan fingerprint density at radius 1 is 1.00 bits per heavy atom. The molecule has 0 aliphatic rings. The quantitative estimate of drug-likeness (QED) is 0.712. The Morgan fingerprint density at radius 3 is 2.27 bits per heavy atom. The first-order valence-electron chi connectivity index (χ1n) is 8.96. The van der Waals surface area contributed by atoms with E-state index in [-0.39, 0.29) is 17.9 Å². The van der Waals surface area contributed by atoms with Crippen LogP contribution >= 0.6 is 0 Å². The average molecular weight is 354 g/mol. The molecule has 138 valence electrons. The first kappa shape index (κ1) is 19.5. The van der Waals surface area contributed by atoms with Crippen molar-refractivity contribution in [2.24, 2.45) is 0 Å². The zero-order chi connectivity index (χ0) is 18.9. The molecule has 0 spiro atoms. The normalized spacial score (nSPS) is 10.5. The van der Waals surface area contributed by atoms with Crippen molar-refractivity contribution >= 4 is 23.2 Å². The molecule has 2 aromatic carbocycles. The summed E-state index contributed by atoms with van der Waals surface area (Å²) in [6.45, 7) is 5.95. The summed E-state index contributed by atoms with van der Waals surface area (Å²) in [7, 11) is 0. The molecule has 2 amide bonds. The van der Waals surface area contributed by atoms with Gasteiger partial charge in [-0.2, -0.15) is 0 Å². The molecular weight excluding hydrogens is 328 g/mol. The largest absolute Gasteiger partial charge is 0.491 e. The number of carbonyl (C=O) groups excluding carboxylic acids is 2. The van der Waals surface area contributed by atoms with Gasteiger partial charge >= 0.3 is 0 Å². The summed E-state index contributed by atoms with van der Waals surface area (Å²) >= 11 is 0. The van der Waals surface area contributed by atoms with Gasteiger partial charge in [-0.05, 0) is 62.7 Å². The summed E-state index contributed by atoms with van der Waals surface area (Å²) in [6, 6.07) is 14.1. The maximum atomic E-state index is 12.4. The lowest BCUT2D eigenvalue weighted by Crippen LogP contribution is -2.13. The van der Waals surface area contributed by atoms with Crippen molar-refractivity contribution in [2.45, 2.75) is 46.1 Å². The highest BCUT2D eigenvalue weighted by molar-refractivity contribution is 6.04. The summed E-state index contributed by atoms with van der Waals surface area (Å²) in [5.74, 6) is 0.500. The van der Waals surface area contributed by atoms with Crippen LogP contribution in [0, 0.1) is 0 Å². The average Bonchev–Trinajstić information content (AvgIpc) is 2.60. The van der Waals surface area contributed by atoms with Gasteiger partial charge in [-0.15, -0.1) is 0 Å². The van der Waals surface area contributed by atoms with Crippen molar-refractivity contribution in [2.75, 3.05) is 10.6 Å². The van der Waals surface area contributed by atoms with Crippen molar-refractivity contribution in [1.82, 2.24) is 0 Å². The molecule has 0 unspecified atom stereocenters. The van der Waals surface area contributed by atoms with Crippen LogP contribution in [0.3, 0.4) is 0 Å². The minimum atomic E-state index is -0.212. The molecule has 0 bridgehead atoms. The number of rotatable bonds is 8. The van der Waals surface area contributed by atoms with Crippen molar-refractivity contribution in [3.8, 4) is 5.75 Å². The van der Waals surface area contributed by atoms with Gasteiger partial charge in [-0.25, -0.2) is 0 Å². The molecule has 0 aliphatic carbocycles. The van der Waals surface area contributed by atoms with Crippen molar-refractivity contribution < 1.29 is 14.3 Å². The van der Waals surface area contributed by atoms with Crippen LogP contribution in [0.15, 0.2) is 48.5 Å². The van der Waals surface area contributed by atoms with E-state index in [9.17, 15) is 9.59 Å². The molecule has 0 radical (unpaired) electrons. The van der Waals surface area contributed by atoms with Gasteiger partial charge in [0.25, 0.3) is 5.91 Å². The molecule has 26 heavy (non-hydrogen) atoms. The molecule has 2 rings (SSSR count). The molecule has 2 N–H and O–H groups in total. The van der Waals surface area contributed by atoms with E-state index < -0.39 is 0 Å². The van der Waals surface area contributed by atoms with Crippen LogP contribution in [-0.4, -0.2) is 17.9 Å². The van der Waals surface area contributed by atoms with Crippen LogP contribution in [0.4, 0.5) is 11.4 Å². The van der Waals surface area contributed by atoms with E-state index in [1.54, 1.807) is 48.5 Å². The molecule has 0 saturated heterocycles. The highest BCUT2D eigenvalue weighted by Gasteiger charge is 2.08. The second-order valence-electron chi connectivity index (χ2n) is 6.38. The van der Waals surface area contributed by atoms with Gasteiger partial charge < -0.3 is 15.4 Å². The third-order valence-electron chi connectivity index (χ3n) is 3.65. The summed E-state index contributed by atoms with van der Waals surface area (Å²) in [5.41, 5.74) is 1.84. The smallest absolute Gasteiger partial charge is 0.255 e. The topological polar surface area (TPSA) is 67.4 Å². The summed E-state index contributed by atoms with van der Waals surface area (Å²) in [5, 5.41) is 5.69. The monoisotopic (exact) mass is 354 g/mol. The number of amides is 2. The SMILES string of the molecule is CCCCC(=O)Nc1cccc(NC(=O)c2ccc(OC(C)C)cc2)c1. The minimum Gasteiger partial charge on any atom is -0.491 e. The van der Waals surface area contributed by atoms with Gasteiger partial charge in [-0.3, -0.25) is 9.59 Å². The molecule has 0 fully saturated rings. The fourth-order valence-electron chi connectivity index (χ4n) is 2.40. The van der Waals surface area contributed by atoms with Crippen LogP contribution < -0.4 is 15.4 Å². The Hall–Kier alpha value is -2.82. The Morgan fingerprint density at radius 2 is 1.65 bits per heavy atom. The van der Waals surface area contributed by atoms with Gasteiger partial charge in [0, 0.05) is 23.4 Å². The van der Waals surface area contributed by atoms with Crippen LogP contribution in [0.5, 0.6) is 5.75 Å². The van der Waals surface area contributed by atoms with E-state index in [4.69, 9.17) is 4.74 Å². The zero-order valence-corrected chi connectivity index (χ0v) is 15.5. The molecule has 2 aromatic rings. The third kappa shape index (κ3) is 6.24. The van der Waals surface area contributed by atoms with Crippen molar-refractivity contribution in [3.63, 3.8) is 0 Å². The number of benzene rings is 2. The Labute approximate surface area is 154 Å². The van der Waals surface area contributed by atoms with Crippen LogP contribution in [0.2, 0.25) is 0 Å². The summed E-state index contributed by atoms with van der Waals surface area (Å²) < 4.78 is 5.58. The number of ether oxygens (including phenoxy) is 1. The lowest BCUT2D eigenvalue weighted by atomic mass is 10.2. The first-order valence-corrected chi connectivity index (χ1v) is 8.96. The number of hydrogen-bond donors (Lipinski definition) is 2. The van der Waals surface area contributed by atoms with Crippen LogP contribution in [0.25, 0.3) is 0 Å². The highest BCUT2D eigenvalue weighted by atomic mass is 16.5. The van der Waals surface area contributed by atoms with Crippen molar-refractivity contribution in [3.05, 3.63) is 54.1 Å². The van der Waals surface area contributed by atoms with Crippen LogP contribution in [-0.2, 0) is 4.79 Å². The Balaban J connectivity index is 1.98. The lowest BCUT2D eigenvalue weighted by molar-refractivity contribution is -0.116. The fourth-order valence-corrected chi connectivity index (χ4v) is 2.40. The molecule has 0 saturated carbocycles. The molecular formula is C21H26N2O3. The molecule has 0 aromatic heterocycles. The number of unbranched alkanes of at least 4 members (excludes halogenated alkanes) is 1. The molecule has 5 heteroatoms. The number of anilines is 2. The van der Waals surface area contributed by atoms with Gasteiger partial charge in [-0.1, -0.05) is 19.4 Å². The van der Waals surface area contributed by atoms with Gasteiger partial charge in [0.1, 0.15) is 5.75 Å². The predicted octanol–water partition coefficient (Wildman–Crippen LogP) is 4.85. The Bertz CT molecular complexity index is 739. The standard InChI is InChI=1S/C21H26N2O3/c1-4-5-9-20(24)22-17-7-6-8-18(14-17)23-21(25)16-10-12-19(13-11-16)26-15(2)3/h6-8,10-15H,4-5,9H2,1-3H3,(H,22,24)(H,23,25). The maximum Gasteiger partial charge on any atom is 0.255 e. The molecule has 0 aliphatic heterocycles. The first-order chi connectivity index (χ1) is 12.5. The number of carbonyl (C=O) groups is 2. The minimum absolute atomic E-state index is 0.0175. The zero-order valence-electron chi connectivity index (χ0n) is 15.5. The van der Waals surface area contributed by atoms with Crippen molar-refractivity contribution in [1.29, 1.82) is 0 Å². The summed E-state index contributed by atoms with van der Waals surface area (Å²) in [4.78, 5) is 24.2. The van der Waals surface area contributed by atoms with Gasteiger partial charge in [0.05, 0.1) is 6.10 Å². The second-order valence-corrected chi connectivity index (χ2v) is 6.38. The number of hydrogen-bond acceptors (Lipinski definition) is 3. The van der Waals surface area contributed by atoms with Gasteiger partial charge in [0.15, 0.2) is 0 Å². The molecule has 0 atom stereocenters. The second kappa shape index (κ2) is 9.61. The number of nitrogens with one attached hydrogen (secondary N) is 2. The van der Waals surface area contributed by atoms with E-state index in [1.807, 2.05) is 20.8 Å². The van der Waals surface area contributed by atoms with Crippen LogP contribution in [0.1, 0.15) is 50.4 Å². The van der Waals surface area contributed by atoms with E-state index >= 15 is 0 Å². The Kier molecular flexibility index (Phi) is 7.21. The van der Waals surface area contributed by atoms with E-state index in [0.29, 0.717) is 23.4 Å². The predicted molar refractivity (Wildman–Crippen MR) is 105 cm³/mol. The molecule has 0 heterocycles. The van der Waals surface area contributed by atoms with E-state index in [2.05, 4.69) is 10.6 Å². The third-order valence-corrected chi connectivity index (χ3v) is 3.65.